The summed E-state index contributed by atoms with van der Waals surface area (Å²) in [5.41, 5.74) is 0.283. The fourth-order valence-corrected chi connectivity index (χ4v) is 2.18. The number of anilines is 1. The molecule has 2 rings (SSSR count). The van der Waals surface area contributed by atoms with E-state index in [0.717, 1.165) is 11.6 Å². The van der Waals surface area contributed by atoms with Crippen LogP contribution in [-0.4, -0.2) is 18.4 Å². The first kappa shape index (κ1) is 18.5. The first-order valence-electron chi connectivity index (χ1n) is 7.58. The van der Waals surface area contributed by atoms with E-state index in [1.54, 1.807) is 24.3 Å². The summed E-state index contributed by atoms with van der Waals surface area (Å²) in [6.45, 7) is 1.92. The maximum atomic E-state index is 12.9. The predicted molar refractivity (Wildman–Crippen MR) is 88.6 cm³/mol. The standard InChI is InChI=1S/C18H17F3N2O2/c1-12-6-8-13(9-7-12)16(24)10-11-22-17(25)23-15-5-3-2-4-14(15)18(19,20)21/h2-9H,10-11H2,1H3,(H2,22,23,25). The van der Waals surface area contributed by atoms with E-state index in [0.29, 0.717) is 5.56 Å². The Morgan fingerprint density at radius 3 is 2.28 bits per heavy atom. The van der Waals surface area contributed by atoms with Crippen molar-refractivity contribution in [3.05, 3.63) is 65.2 Å². The van der Waals surface area contributed by atoms with Crippen LogP contribution in [-0.2, 0) is 6.18 Å². The number of ketones is 1. The van der Waals surface area contributed by atoms with Gasteiger partial charge in [0.25, 0.3) is 0 Å². The molecule has 0 radical (unpaired) electrons. The minimum Gasteiger partial charge on any atom is -0.337 e. The number of carbonyl (C=O) groups is 2. The van der Waals surface area contributed by atoms with Crippen LogP contribution in [0.1, 0.15) is 27.9 Å². The SMILES string of the molecule is Cc1ccc(C(=O)CCNC(=O)Nc2ccccc2C(F)(F)F)cc1. The summed E-state index contributed by atoms with van der Waals surface area (Å²) in [5, 5.41) is 4.54. The molecule has 0 spiro atoms. The molecule has 0 saturated heterocycles. The molecule has 0 aliphatic carbocycles. The number of aryl methyl sites for hydroxylation is 1. The topological polar surface area (TPSA) is 58.2 Å². The number of Topliss-reactive ketones (excluding diaryl/α,β-unsaturated/α-hetero) is 1. The lowest BCUT2D eigenvalue weighted by atomic mass is 10.1. The number of nitrogens with one attached hydrogen (secondary N) is 2. The van der Waals surface area contributed by atoms with Gasteiger partial charge < -0.3 is 10.6 Å². The van der Waals surface area contributed by atoms with Crippen LogP contribution < -0.4 is 10.6 Å². The number of benzene rings is 2. The summed E-state index contributed by atoms with van der Waals surface area (Å²) in [5.74, 6) is -0.156. The van der Waals surface area contributed by atoms with Crippen LogP contribution in [0.25, 0.3) is 0 Å². The molecule has 132 valence electrons. The zero-order chi connectivity index (χ0) is 18.4. The Hall–Kier alpha value is -2.83. The lowest BCUT2D eigenvalue weighted by molar-refractivity contribution is -0.136. The second-order valence-electron chi connectivity index (χ2n) is 5.46. The normalized spacial score (nSPS) is 11.0. The molecular formula is C18H17F3N2O2. The summed E-state index contributed by atoms with van der Waals surface area (Å²) in [6, 6.07) is 10.9. The van der Waals surface area contributed by atoms with Crippen LogP contribution in [0.4, 0.5) is 23.7 Å². The molecule has 0 bridgehead atoms. The maximum absolute atomic E-state index is 12.9. The highest BCUT2D eigenvalue weighted by molar-refractivity contribution is 5.96. The van der Waals surface area contributed by atoms with Gasteiger partial charge in [-0.05, 0) is 19.1 Å². The monoisotopic (exact) mass is 350 g/mol. The summed E-state index contributed by atoms with van der Waals surface area (Å²) in [4.78, 5) is 23.7. The highest BCUT2D eigenvalue weighted by Crippen LogP contribution is 2.34. The van der Waals surface area contributed by atoms with E-state index < -0.39 is 17.8 Å². The van der Waals surface area contributed by atoms with E-state index in [4.69, 9.17) is 0 Å². The van der Waals surface area contributed by atoms with Crippen LogP contribution in [0.3, 0.4) is 0 Å². The maximum Gasteiger partial charge on any atom is 0.418 e. The number of rotatable bonds is 5. The number of urea groups is 1. The molecule has 4 nitrogen and oxygen atoms in total. The Labute approximate surface area is 143 Å². The third-order valence-corrected chi connectivity index (χ3v) is 3.49. The van der Waals surface area contributed by atoms with Crippen LogP contribution >= 0.6 is 0 Å². The highest BCUT2D eigenvalue weighted by Gasteiger charge is 2.33. The van der Waals surface area contributed by atoms with Gasteiger partial charge in [-0.1, -0.05) is 42.0 Å². The number of carbonyl (C=O) groups excluding carboxylic acids is 2. The Balaban J connectivity index is 1.87. The highest BCUT2D eigenvalue weighted by atomic mass is 19.4. The van der Waals surface area contributed by atoms with Gasteiger partial charge in [0.2, 0.25) is 0 Å². The quantitative estimate of drug-likeness (QED) is 0.785. The largest absolute Gasteiger partial charge is 0.418 e. The van der Waals surface area contributed by atoms with Crippen molar-refractivity contribution in [2.75, 3.05) is 11.9 Å². The Bertz CT molecular complexity index is 756. The number of hydrogen-bond donors (Lipinski definition) is 2. The van der Waals surface area contributed by atoms with E-state index in [1.807, 2.05) is 6.92 Å². The van der Waals surface area contributed by atoms with Crippen LogP contribution in [0, 0.1) is 6.92 Å². The Morgan fingerprint density at radius 2 is 1.64 bits per heavy atom. The van der Waals surface area contributed by atoms with Gasteiger partial charge in [-0.15, -0.1) is 0 Å². The van der Waals surface area contributed by atoms with Crippen molar-refractivity contribution in [2.45, 2.75) is 19.5 Å². The number of amides is 2. The molecule has 0 heterocycles. The van der Waals surface area contributed by atoms with Crippen molar-refractivity contribution < 1.29 is 22.8 Å². The predicted octanol–water partition coefficient (Wildman–Crippen LogP) is 4.41. The van der Waals surface area contributed by atoms with Crippen LogP contribution in [0.15, 0.2) is 48.5 Å². The molecule has 25 heavy (non-hydrogen) atoms. The second-order valence-corrected chi connectivity index (χ2v) is 5.46. The number of alkyl halides is 3. The molecule has 2 aromatic carbocycles. The van der Waals surface area contributed by atoms with Gasteiger partial charge in [-0.2, -0.15) is 13.2 Å². The van der Waals surface area contributed by atoms with Gasteiger partial charge in [0.15, 0.2) is 5.78 Å². The molecule has 0 fully saturated rings. The van der Waals surface area contributed by atoms with Gasteiger partial charge in [0, 0.05) is 18.5 Å². The first-order chi connectivity index (χ1) is 11.8. The van der Waals surface area contributed by atoms with Gasteiger partial charge in [0.05, 0.1) is 11.3 Å². The molecule has 0 aliphatic rings. The van der Waals surface area contributed by atoms with E-state index in [2.05, 4.69) is 10.6 Å². The van der Waals surface area contributed by atoms with E-state index in [-0.39, 0.29) is 24.4 Å². The molecule has 0 unspecified atom stereocenters. The molecule has 0 atom stereocenters. The third-order valence-electron chi connectivity index (χ3n) is 3.49. The minimum absolute atomic E-state index is 0.0206. The average molecular weight is 350 g/mol. The smallest absolute Gasteiger partial charge is 0.337 e. The molecule has 7 heteroatoms. The number of halogens is 3. The van der Waals surface area contributed by atoms with Crippen LogP contribution in [0.2, 0.25) is 0 Å². The molecule has 0 aliphatic heterocycles. The van der Waals surface area contributed by atoms with Gasteiger partial charge >= 0.3 is 12.2 Å². The lowest BCUT2D eigenvalue weighted by Gasteiger charge is -2.14. The van der Waals surface area contributed by atoms with Crippen molar-refractivity contribution >= 4 is 17.5 Å². The van der Waals surface area contributed by atoms with Crippen molar-refractivity contribution in [1.82, 2.24) is 5.32 Å². The Morgan fingerprint density at radius 1 is 1.00 bits per heavy atom. The zero-order valence-corrected chi connectivity index (χ0v) is 13.5. The molecule has 0 aromatic heterocycles. The van der Waals surface area contributed by atoms with Crippen molar-refractivity contribution in [3.8, 4) is 0 Å². The van der Waals surface area contributed by atoms with Gasteiger partial charge in [-0.25, -0.2) is 4.79 Å². The lowest BCUT2D eigenvalue weighted by Crippen LogP contribution is -2.31. The van der Waals surface area contributed by atoms with Crippen LogP contribution in [0.5, 0.6) is 0 Å². The third kappa shape index (κ3) is 5.34. The molecule has 2 aromatic rings. The number of hydrogen-bond acceptors (Lipinski definition) is 2. The van der Waals surface area contributed by atoms with Crippen molar-refractivity contribution in [3.63, 3.8) is 0 Å². The average Bonchev–Trinajstić information content (AvgIpc) is 2.55. The molecule has 2 amide bonds. The fraction of sp³-hybridized carbons (Fsp3) is 0.222. The summed E-state index contributed by atoms with van der Waals surface area (Å²) < 4.78 is 38.6. The second kappa shape index (κ2) is 7.83. The molecular weight excluding hydrogens is 333 g/mol. The Kier molecular flexibility index (Phi) is 5.80. The van der Waals surface area contributed by atoms with E-state index in [1.165, 1.54) is 18.2 Å². The number of para-hydroxylation sites is 1. The molecule has 2 N–H and O–H groups in total. The van der Waals surface area contributed by atoms with Gasteiger partial charge in [0.1, 0.15) is 0 Å². The minimum atomic E-state index is -4.56. The fourth-order valence-electron chi connectivity index (χ4n) is 2.18. The zero-order valence-electron chi connectivity index (χ0n) is 13.5. The molecule has 0 saturated carbocycles. The first-order valence-corrected chi connectivity index (χ1v) is 7.58. The summed E-state index contributed by atoms with van der Waals surface area (Å²) in [6.07, 6.45) is -4.51. The summed E-state index contributed by atoms with van der Waals surface area (Å²) in [7, 11) is 0. The van der Waals surface area contributed by atoms with Gasteiger partial charge in [-0.3, -0.25) is 4.79 Å². The van der Waals surface area contributed by atoms with E-state index in [9.17, 15) is 22.8 Å². The van der Waals surface area contributed by atoms with Crippen molar-refractivity contribution in [1.29, 1.82) is 0 Å². The summed E-state index contributed by atoms with van der Waals surface area (Å²) >= 11 is 0. The van der Waals surface area contributed by atoms with Crippen molar-refractivity contribution in [2.24, 2.45) is 0 Å². The van der Waals surface area contributed by atoms with E-state index >= 15 is 0 Å².